The third-order valence-corrected chi connectivity index (χ3v) is 1.39. The summed E-state index contributed by atoms with van der Waals surface area (Å²) in [6.07, 6.45) is -0.459. The Hall–Kier alpha value is -1.43. The van der Waals surface area contributed by atoms with Gasteiger partial charge in [-0.05, 0) is 26.0 Å². The Labute approximate surface area is 95.6 Å². The van der Waals surface area contributed by atoms with Gasteiger partial charge in [-0.15, -0.1) is 5.92 Å². The van der Waals surface area contributed by atoms with E-state index in [1.165, 1.54) is 12.2 Å². The van der Waals surface area contributed by atoms with Gasteiger partial charge in [0.05, 0.1) is 0 Å². The molecule has 0 saturated heterocycles. The summed E-state index contributed by atoms with van der Waals surface area (Å²) >= 11 is 0. The lowest BCUT2D eigenvalue weighted by molar-refractivity contribution is -0.0913. The van der Waals surface area contributed by atoms with Gasteiger partial charge in [-0.1, -0.05) is 32.4 Å². The van der Waals surface area contributed by atoms with Crippen LogP contribution in [0.4, 0.5) is 13.2 Å². The van der Waals surface area contributed by atoms with Crippen molar-refractivity contribution >= 4 is 0 Å². The lowest BCUT2D eigenvalue weighted by atomic mass is 10.1. The van der Waals surface area contributed by atoms with Gasteiger partial charge in [0.25, 0.3) is 0 Å². The molecule has 0 nitrogen and oxygen atoms in total. The standard InChI is InChI=1S/C11H11F3.C2H6/c1-4-6-10(7-5-2)8-9(3)11(12,13)14;1-2/h4,6,8H,1H2,2-3H3;1-2H3/b9-8+,10-6-;. The molecule has 0 spiro atoms. The molecular weight excluding hydrogens is 213 g/mol. The van der Waals surface area contributed by atoms with Crippen LogP contribution in [0.3, 0.4) is 0 Å². The van der Waals surface area contributed by atoms with Gasteiger partial charge in [0.1, 0.15) is 0 Å². The van der Waals surface area contributed by atoms with Gasteiger partial charge in [-0.2, -0.15) is 13.2 Å². The predicted molar refractivity (Wildman–Crippen MR) is 62.9 cm³/mol. The molecule has 0 atom stereocenters. The molecule has 0 aromatic rings. The minimum absolute atomic E-state index is 0.303. The van der Waals surface area contributed by atoms with E-state index in [2.05, 4.69) is 18.4 Å². The first-order valence-corrected chi connectivity index (χ1v) is 4.92. The monoisotopic (exact) mass is 230 g/mol. The first kappa shape index (κ1) is 17.0. The molecule has 90 valence electrons. The van der Waals surface area contributed by atoms with Crippen molar-refractivity contribution in [1.82, 2.24) is 0 Å². The molecule has 0 fully saturated rings. The van der Waals surface area contributed by atoms with Gasteiger partial charge in [-0.3, -0.25) is 0 Å². The second-order valence-corrected chi connectivity index (χ2v) is 2.56. The zero-order chi connectivity index (χ0) is 13.2. The third-order valence-electron chi connectivity index (χ3n) is 1.39. The molecule has 0 aromatic carbocycles. The molecular formula is C13H17F3. The van der Waals surface area contributed by atoms with Crippen molar-refractivity contribution in [2.24, 2.45) is 0 Å². The minimum atomic E-state index is -4.30. The van der Waals surface area contributed by atoms with Crippen molar-refractivity contribution in [3.63, 3.8) is 0 Å². The minimum Gasteiger partial charge on any atom is -0.166 e. The summed E-state index contributed by atoms with van der Waals surface area (Å²) in [4.78, 5) is 0. The molecule has 0 heterocycles. The van der Waals surface area contributed by atoms with Crippen LogP contribution in [-0.4, -0.2) is 6.18 Å². The predicted octanol–water partition coefficient (Wildman–Crippen LogP) is 4.66. The van der Waals surface area contributed by atoms with Crippen LogP contribution in [0.1, 0.15) is 27.7 Å². The van der Waals surface area contributed by atoms with Crippen LogP contribution >= 0.6 is 0 Å². The highest BCUT2D eigenvalue weighted by Crippen LogP contribution is 2.25. The topological polar surface area (TPSA) is 0 Å². The molecule has 0 aliphatic heterocycles. The molecule has 0 unspecified atom stereocenters. The van der Waals surface area contributed by atoms with Gasteiger partial charge in [0, 0.05) is 11.1 Å². The number of alkyl halides is 3. The second-order valence-electron chi connectivity index (χ2n) is 2.56. The van der Waals surface area contributed by atoms with E-state index in [0.29, 0.717) is 5.57 Å². The van der Waals surface area contributed by atoms with Crippen LogP contribution in [0.2, 0.25) is 0 Å². The summed E-state index contributed by atoms with van der Waals surface area (Å²) in [7, 11) is 0. The number of hydrogen-bond donors (Lipinski definition) is 0. The molecule has 3 heteroatoms. The Morgan fingerprint density at radius 2 is 1.75 bits per heavy atom. The molecule has 0 bridgehead atoms. The van der Waals surface area contributed by atoms with Crippen LogP contribution in [0, 0.1) is 11.8 Å². The first-order valence-electron chi connectivity index (χ1n) is 4.92. The van der Waals surface area contributed by atoms with Gasteiger partial charge in [0.2, 0.25) is 0 Å². The molecule has 0 radical (unpaired) electrons. The number of hydrogen-bond acceptors (Lipinski definition) is 0. The van der Waals surface area contributed by atoms with Crippen molar-refractivity contribution in [3.05, 3.63) is 36.0 Å². The van der Waals surface area contributed by atoms with E-state index < -0.39 is 11.7 Å². The Kier molecular flexibility index (Phi) is 9.39. The van der Waals surface area contributed by atoms with E-state index in [9.17, 15) is 13.2 Å². The summed E-state index contributed by atoms with van der Waals surface area (Å²) in [6, 6.07) is 0. The maximum absolute atomic E-state index is 12.1. The lowest BCUT2D eigenvalue weighted by Crippen LogP contribution is -2.08. The van der Waals surface area contributed by atoms with Crippen molar-refractivity contribution in [1.29, 1.82) is 0 Å². The zero-order valence-electron chi connectivity index (χ0n) is 10.1. The second kappa shape index (κ2) is 8.84. The van der Waals surface area contributed by atoms with E-state index in [0.717, 1.165) is 13.0 Å². The summed E-state index contributed by atoms with van der Waals surface area (Å²) < 4.78 is 36.4. The molecule has 0 amide bonds. The van der Waals surface area contributed by atoms with E-state index in [1.54, 1.807) is 6.92 Å². The number of allylic oxidation sites excluding steroid dienone is 5. The Balaban J connectivity index is 0. The molecule has 0 rings (SSSR count). The number of halogens is 3. The lowest BCUT2D eigenvalue weighted by Gasteiger charge is -2.05. The Morgan fingerprint density at radius 3 is 2.06 bits per heavy atom. The highest BCUT2D eigenvalue weighted by molar-refractivity contribution is 5.42. The fraction of sp³-hybridized carbons (Fsp3) is 0.385. The summed E-state index contributed by atoms with van der Waals surface area (Å²) in [5, 5.41) is 0. The van der Waals surface area contributed by atoms with Crippen LogP contribution in [0.15, 0.2) is 36.0 Å². The normalized spacial score (nSPS) is 11.9. The third kappa shape index (κ3) is 7.93. The first-order chi connectivity index (χ1) is 7.41. The van der Waals surface area contributed by atoms with Crippen molar-refractivity contribution in [2.75, 3.05) is 0 Å². The van der Waals surface area contributed by atoms with Crippen molar-refractivity contribution in [2.45, 2.75) is 33.9 Å². The summed E-state index contributed by atoms with van der Waals surface area (Å²) in [6.45, 7) is 9.97. The van der Waals surface area contributed by atoms with Crippen molar-refractivity contribution in [3.8, 4) is 11.8 Å². The Bertz CT molecular complexity index is 319. The van der Waals surface area contributed by atoms with E-state index >= 15 is 0 Å². The maximum Gasteiger partial charge on any atom is 0.412 e. The largest absolute Gasteiger partial charge is 0.412 e. The highest BCUT2D eigenvalue weighted by Gasteiger charge is 2.29. The van der Waals surface area contributed by atoms with E-state index in [4.69, 9.17) is 0 Å². The van der Waals surface area contributed by atoms with Crippen LogP contribution in [0.5, 0.6) is 0 Å². The fourth-order valence-electron chi connectivity index (χ4n) is 0.712. The van der Waals surface area contributed by atoms with Crippen LogP contribution < -0.4 is 0 Å². The van der Waals surface area contributed by atoms with Crippen molar-refractivity contribution < 1.29 is 13.2 Å². The smallest absolute Gasteiger partial charge is 0.166 e. The van der Waals surface area contributed by atoms with Gasteiger partial charge >= 0.3 is 6.18 Å². The Morgan fingerprint density at radius 1 is 1.25 bits per heavy atom. The van der Waals surface area contributed by atoms with Gasteiger partial charge in [0.15, 0.2) is 0 Å². The molecule has 0 saturated carbocycles. The van der Waals surface area contributed by atoms with E-state index in [1.807, 2.05) is 13.8 Å². The van der Waals surface area contributed by atoms with Crippen LogP contribution in [0.25, 0.3) is 0 Å². The molecule has 0 aliphatic rings. The average Bonchev–Trinajstić information content (AvgIpc) is 2.20. The SMILES string of the molecule is C=C/C=C(C#CC)\C=C(/C)C(F)(F)F.CC. The summed E-state index contributed by atoms with van der Waals surface area (Å²) in [5.74, 6) is 5.08. The highest BCUT2D eigenvalue weighted by atomic mass is 19.4. The van der Waals surface area contributed by atoms with E-state index in [-0.39, 0.29) is 0 Å². The molecule has 16 heavy (non-hydrogen) atoms. The van der Waals surface area contributed by atoms with Gasteiger partial charge < -0.3 is 0 Å². The van der Waals surface area contributed by atoms with Gasteiger partial charge in [-0.25, -0.2) is 0 Å². The summed E-state index contributed by atoms with van der Waals surface area (Å²) in [5.41, 5.74) is -0.370. The van der Waals surface area contributed by atoms with Crippen LogP contribution in [-0.2, 0) is 0 Å². The fourth-order valence-corrected chi connectivity index (χ4v) is 0.712. The quantitative estimate of drug-likeness (QED) is 0.478. The molecule has 0 aromatic heterocycles. The maximum atomic E-state index is 12.1. The average molecular weight is 230 g/mol. The number of rotatable bonds is 2. The molecule has 0 aliphatic carbocycles. The zero-order valence-corrected chi connectivity index (χ0v) is 10.1. The molecule has 0 N–H and O–H groups in total.